The molecule has 0 atom stereocenters. The minimum Gasteiger partial charge on any atom is -0.368 e. The number of hydrogen-bond acceptors (Lipinski definition) is 7. The van der Waals surface area contributed by atoms with E-state index in [1.54, 1.807) is 12.1 Å². The highest BCUT2D eigenvalue weighted by atomic mass is 32.1. The largest absolute Gasteiger partial charge is 0.368 e. The van der Waals surface area contributed by atoms with Gasteiger partial charge in [0.05, 0.1) is 0 Å². The molecular weight excluding hydrogens is 407 g/mol. The first-order valence-corrected chi connectivity index (χ1v) is 10.8. The topological polar surface area (TPSA) is 82.8 Å². The van der Waals surface area contributed by atoms with Crippen molar-refractivity contribution in [3.63, 3.8) is 0 Å². The van der Waals surface area contributed by atoms with Crippen LogP contribution in [0.1, 0.15) is 19.0 Å². The Kier molecular flexibility index (Phi) is 5.93. The molecule has 0 spiro atoms. The second kappa shape index (κ2) is 8.78. The van der Waals surface area contributed by atoms with Crippen molar-refractivity contribution in [1.82, 2.24) is 19.5 Å². The van der Waals surface area contributed by atoms with E-state index in [2.05, 4.69) is 20.3 Å². The number of fused-ring (bicyclic) bond motifs is 1. The Morgan fingerprint density at radius 3 is 2.63 bits per heavy atom. The van der Waals surface area contributed by atoms with Crippen molar-refractivity contribution in [2.24, 2.45) is 0 Å². The Bertz CT molecular complexity index is 1090. The molecule has 0 aliphatic carbocycles. The number of piperazine rings is 1. The second-order valence-corrected chi connectivity index (χ2v) is 8.02. The molecular formula is C20H23FN6O2S. The summed E-state index contributed by atoms with van der Waals surface area (Å²) < 4.78 is 14.4. The van der Waals surface area contributed by atoms with Crippen molar-refractivity contribution in [3.8, 4) is 0 Å². The van der Waals surface area contributed by atoms with Crippen LogP contribution < -0.4 is 15.8 Å². The zero-order chi connectivity index (χ0) is 21.1. The van der Waals surface area contributed by atoms with Gasteiger partial charge in [0.2, 0.25) is 16.0 Å². The molecule has 1 saturated heterocycles. The standard InChI is InChI=1S/C20H23FN6O2S/c1-2-15-13-18(29)27-20(23-15)30-19(24-27)22-8-7-17(28)26-11-9-25(10-12-26)16-5-3-14(21)4-6-16/h3-6,13H,2,7-12H2,1H3,(H,22,24). The summed E-state index contributed by atoms with van der Waals surface area (Å²) >= 11 is 1.30. The van der Waals surface area contributed by atoms with Gasteiger partial charge in [-0.3, -0.25) is 9.59 Å². The molecule has 0 radical (unpaired) electrons. The van der Waals surface area contributed by atoms with E-state index in [1.165, 1.54) is 34.1 Å². The molecule has 1 fully saturated rings. The lowest BCUT2D eigenvalue weighted by Crippen LogP contribution is -2.49. The molecule has 1 amide bonds. The number of carbonyl (C=O) groups excluding carboxylic acids is 1. The summed E-state index contributed by atoms with van der Waals surface area (Å²) in [4.78, 5) is 33.5. The molecule has 30 heavy (non-hydrogen) atoms. The van der Waals surface area contributed by atoms with E-state index >= 15 is 0 Å². The SMILES string of the molecule is CCc1cc(=O)n2nc(NCCC(=O)N3CCN(c4ccc(F)cc4)CC3)sc2n1. The molecule has 10 heteroatoms. The van der Waals surface area contributed by atoms with Crippen molar-refractivity contribution >= 4 is 33.0 Å². The quantitative estimate of drug-likeness (QED) is 0.644. The van der Waals surface area contributed by atoms with Gasteiger partial charge >= 0.3 is 0 Å². The normalized spacial score (nSPS) is 14.3. The maximum absolute atomic E-state index is 13.1. The Balaban J connectivity index is 1.27. The summed E-state index contributed by atoms with van der Waals surface area (Å²) in [6, 6.07) is 7.92. The molecule has 1 aromatic carbocycles. The van der Waals surface area contributed by atoms with Crippen LogP contribution in [0.2, 0.25) is 0 Å². The van der Waals surface area contributed by atoms with Gasteiger partial charge in [-0.15, -0.1) is 5.10 Å². The smallest absolute Gasteiger partial charge is 0.275 e. The third kappa shape index (κ3) is 4.43. The monoisotopic (exact) mass is 430 g/mol. The van der Waals surface area contributed by atoms with Gasteiger partial charge in [-0.1, -0.05) is 18.3 Å². The highest BCUT2D eigenvalue weighted by Gasteiger charge is 2.21. The molecule has 0 bridgehead atoms. The summed E-state index contributed by atoms with van der Waals surface area (Å²) in [5.41, 5.74) is 1.51. The average molecular weight is 431 g/mol. The highest BCUT2D eigenvalue weighted by Crippen LogP contribution is 2.18. The molecule has 0 unspecified atom stereocenters. The van der Waals surface area contributed by atoms with Crippen LogP contribution in [0, 0.1) is 5.82 Å². The first kappa shape index (κ1) is 20.3. The van der Waals surface area contributed by atoms with E-state index in [0.717, 1.165) is 24.5 Å². The van der Waals surface area contributed by atoms with Gasteiger partial charge in [0.25, 0.3) is 5.56 Å². The van der Waals surface area contributed by atoms with E-state index in [9.17, 15) is 14.0 Å². The zero-order valence-corrected chi connectivity index (χ0v) is 17.5. The molecule has 4 rings (SSSR count). The van der Waals surface area contributed by atoms with Gasteiger partial charge in [0.1, 0.15) is 5.82 Å². The van der Waals surface area contributed by atoms with Gasteiger partial charge in [-0.2, -0.15) is 4.52 Å². The predicted octanol–water partition coefficient (Wildman–Crippen LogP) is 2.00. The molecule has 3 heterocycles. The Morgan fingerprint density at radius 1 is 1.20 bits per heavy atom. The third-order valence-corrected chi connectivity index (χ3v) is 5.97. The van der Waals surface area contributed by atoms with Gasteiger partial charge < -0.3 is 15.1 Å². The third-order valence-electron chi connectivity index (χ3n) is 5.10. The van der Waals surface area contributed by atoms with Crippen molar-refractivity contribution < 1.29 is 9.18 Å². The minimum atomic E-state index is -0.250. The number of aromatic nitrogens is 3. The molecule has 1 N–H and O–H groups in total. The number of benzene rings is 1. The molecule has 1 aliphatic heterocycles. The first-order valence-electron chi connectivity index (χ1n) is 9.95. The second-order valence-electron chi connectivity index (χ2n) is 7.06. The van der Waals surface area contributed by atoms with Crippen LogP contribution in [0.4, 0.5) is 15.2 Å². The highest BCUT2D eigenvalue weighted by molar-refractivity contribution is 7.20. The van der Waals surface area contributed by atoms with Crippen LogP contribution in [0.15, 0.2) is 35.1 Å². The molecule has 8 nitrogen and oxygen atoms in total. The number of halogens is 1. The minimum absolute atomic E-state index is 0.0749. The van der Waals surface area contributed by atoms with E-state index in [1.807, 2.05) is 11.8 Å². The van der Waals surface area contributed by atoms with Crippen molar-refractivity contribution in [2.75, 3.05) is 42.9 Å². The van der Waals surface area contributed by atoms with Crippen LogP contribution in [0.3, 0.4) is 0 Å². The van der Waals surface area contributed by atoms with E-state index < -0.39 is 0 Å². The Hall–Kier alpha value is -3.01. The number of aryl methyl sites for hydroxylation is 1. The fourth-order valence-electron chi connectivity index (χ4n) is 3.41. The number of carbonyl (C=O) groups is 1. The Labute approximate surface area is 177 Å². The van der Waals surface area contributed by atoms with Crippen LogP contribution >= 0.6 is 11.3 Å². The zero-order valence-electron chi connectivity index (χ0n) is 16.7. The summed E-state index contributed by atoms with van der Waals surface area (Å²) in [6.07, 6.45) is 1.03. The van der Waals surface area contributed by atoms with Crippen LogP contribution in [0.5, 0.6) is 0 Å². The van der Waals surface area contributed by atoms with Gasteiger partial charge in [0.15, 0.2) is 0 Å². The summed E-state index contributed by atoms with van der Waals surface area (Å²) in [6.45, 7) is 5.09. The lowest BCUT2D eigenvalue weighted by Gasteiger charge is -2.36. The average Bonchev–Trinajstić information content (AvgIpc) is 3.18. The Morgan fingerprint density at radius 2 is 1.93 bits per heavy atom. The molecule has 158 valence electrons. The lowest BCUT2D eigenvalue weighted by atomic mass is 10.2. The summed E-state index contributed by atoms with van der Waals surface area (Å²) in [5, 5.41) is 7.93. The predicted molar refractivity (Wildman–Crippen MR) is 115 cm³/mol. The maximum Gasteiger partial charge on any atom is 0.275 e. The van der Waals surface area contributed by atoms with Crippen molar-refractivity contribution in [1.29, 1.82) is 0 Å². The first-order chi connectivity index (χ1) is 14.5. The number of rotatable bonds is 6. The van der Waals surface area contributed by atoms with Crippen LogP contribution in [-0.2, 0) is 11.2 Å². The number of amides is 1. The van der Waals surface area contributed by atoms with E-state index in [-0.39, 0.29) is 17.3 Å². The van der Waals surface area contributed by atoms with Gasteiger partial charge in [-0.05, 0) is 30.7 Å². The van der Waals surface area contributed by atoms with Crippen LogP contribution in [0.25, 0.3) is 4.96 Å². The van der Waals surface area contributed by atoms with Gasteiger partial charge in [0, 0.05) is 56.6 Å². The van der Waals surface area contributed by atoms with Crippen molar-refractivity contribution in [2.45, 2.75) is 19.8 Å². The molecule has 1 aliphatic rings. The maximum atomic E-state index is 13.1. The lowest BCUT2D eigenvalue weighted by molar-refractivity contribution is -0.131. The summed E-state index contributed by atoms with van der Waals surface area (Å²) in [5.74, 6) is -0.175. The fraction of sp³-hybridized carbons (Fsp3) is 0.400. The molecule has 0 saturated carbocycles. The molecule has 2 aromatic heterocycles. The fourth-order valence-corrected chi connectivity index (χ4v) is 4.26. The molecule has 3 aromatic rings. The van der Waals surface area contributed by atoms with E-state index in [0.29, 0.717) is 42.6 Å². The van der Waals surface area contributed by atoms with Crippen molar-refractivity contribution in [3.05, 3.63) is 52.2 Å². The number of anilines is 2. The van der Waals surface area contributed by atoms with Crippen LogP contribution in [-0.4, -0.2) is 58.1 Å². The number of nitrogens with zero attached hydrogens (tertiary/aromatic N) is 5. The van der Waals surface area contributed by atoms with E-state index in [4.69, 9.17) is 0 Å². The number of nitrogens with one attached hydrogen (secondary N) is 1. The summed E-state index contributed by atoms with van der Waals surface area (Å²) in [7, 11) is 0. The van der Waals surface area contributed by atoms with Gasteiger partial charge in [-0.25, -0.2) is 9.37 Å². The number of hydrogen-bond donors (Lipinski definition) is 1.